The molecule has 122 valence electrons. The Morgan fingerprint density at radius 1 is 1.26 bits per heavy atom. The number of hydrogen-bond acceptors (Lipinski definition) is 7. The Kier molecular flexibility index (Phi) is 5.83. The van der Waals surface area contributed by atoms with E-state index < -0.39 is 0 Å². The number of nitrogens with one attached hydrogen (secondary N) is 1. The van der Waals surface area contributed by atoms with Crippen molar-refractivity contribution in [3.63, 3.8) is 0 Å². The molecule has 0 aliphatic heterocycles. The van der Waals surface area contributed by atoms with E-state index in [4.69, 9.17) is 19.2 Å². The SMILES string of the molecule is COc1ccc(OCc2nc(C#N)c(NCCN(C)C)o2)cc1. The minimum atomic E-state index is 0.149. The van der Waals surface area contributed by atoms with Gasteiger partial charge in [0, 0.05) is 13.1 Å². The summed E-state index contributed by atoms with van der Waals surface area (Å²) in [6, 6.07) is 9.21. The molecule has 1 aromatic heterocycles. The number of ether oxygens (including phenoxy) is 2. The van der Waals surface area contributed by atoms with Gasteiger partial charge in [0.25, 0.3) is 0 Å². The molecule has 0 atom stereocenters. The molecule has 7 nitrogen and oxygen atoms in total. The van der Waals surface area contributed by atoms with Crippen molar-refractivity contribution >= 4 is 5.88 Å². The van der Waals surface area contributed by atoms with Crippen molar-refractivity contribution in [3.8, 4) is 17.6 Å². The van der Waals surface area contributed by atoms with E-state index in [9.17, 15) is 0 Å². The molecule has 0 unspecified atom stereocenters. The van der Waals surface area contributed by atoms with Crippen molar-refractivity contribution in [2.75, 3.05) is 39.6 Å². The summed E-state index contributed by atoms with van der Waals surface area (Å²) in [6.07, 6.45) is 0. The van der Waals surface area contributed by atoms with E-state index >= 15 is 0 Å². The Morgan fingerprint density at radius 3 is 2.57 bits per heavy atom. The molecule has 0 amide bonds. The van der Waals surface area contributed by atoms with E-state index in [0.29, 0.717) is 24.1 Å². The number of oxazole rings is 1. The van der Waals surface area contributed by atoms with Gasteiger partial charge in [-0.1, -0.05) is 0 Å². The smallest absolute Gasteiger partial charge is 0.236 e. The van der Waals surface area contributed by atoms with Gasteiger partial charge < -0.3 is 24.1 Å². The molecule has 1 aromatic carbocycles. The summed E-state index contributed by atoms with van der Waals surface area (Å²) in [4.78, 5) is 6.15. The Balaban J connectivity index is 1.94. The number of benzene rings is 1. The number of nitrogens with zero attached hydrogens (tertiary/aromatic N) is 3. The molecule has 0 fully saturated rings. The predicted octanol–water partition coefficient (Wildman–Crippen LogP) is 2.11. The molecule has 2 rings (SSSR count). The van der Waals surface area contributed by atoms with Gasteiger partial charge in [0.1, 0.15) is 17.6 Å². The largest absolute Gasteiger partial charge is 0.497 e. The Bertz CT molecular complexity index is 659. The predicted molar refractivity (Wildman–Crippen MR) is 85.6 cm³/mol. The third kappa shape index (κ3) is 4.90. The number of nitriles is 1. The topological polar surface area (TPSA) is 83.5 Å². The van der Waals surface area contributed by atoms with Crippen molar-refractivity contribution in [2.45, 2.75) is 6.61 Å². The average molecular weight is 316 g/mol. The van der Waals surface area contributed by atoms with Crippen molar-refractivity contribution < 1.29 is 13.9 Å². The van der Waals surface area contributed by atoms with Gasteiger partial charge >= 0.3 is 0 Å². The molecule has 23 heavy (non-hydrogen) atoms. The van der Waals surface area contributed by atoms with Crippen LogP contribution >= 0.6 is 0 Å². The molecule has 0 bridgehead atoms. The van der Waals surface area contributed by atoms with Crippen LogP contribution in [0.15, 0.2) is 28.7 Å². The van der Waals surface area contributed by atoms with E-state index in [1.165, 1.54) is 0 Å². The number of methoxy groups -OCH3 is 1. The maximum absolute atomic E-state index is 9.11. The summed E-state index contributed by atoms with van der Waals surface area (Å²) >= 11 is 0. The lowest BCUT2D eigenvalue weighted by atomic mass is 10.3. The maximum Gasteiger partial charge on any atom is 0.236 e. The van der Waals surface area contributed by atoms with E-state index in [2.05, 4.69) is 10.3 Å². The van der Waals surface area contributed by atoms with Gasteiger partial charge in [0.05, 0.1) is 7.11 Å². The highest BCUT2D eigenvalue weighted by Crippen LogP contribution is 2.20. The van der Waals surface area contributed by atoms with E-state index in [0.717, 1.165) is 12.3 Å². The maximum atomic E-state index is 9.11. The van der Waals surface area contributed by atoms with Gasteiger partial charge in [-0.2, -0.15) is 10.2 Å². The second-order valence-corrected chi connectivity index (χ2v) is 5.09. The molecule has 0 radical (unpaired) electrons. The van der Waals surface area contributed by atoms with Gasteiger partial charge in [-0.25, -0.2) is 0 Å². The van der Waals surface area contributed by atoms with Gasteiger partial charge in [-0.3, -0.25) is 0 Å². The lowest BCUT2D eigenvalue weighted by Gasteiger charge is -2.09. The number of likely N-dealkylation sites (N-methyl/N-ethyl adjacent to an activating group) is 1. The van der Waals surface area contributed by atoms with E-state index in [-0.39, 0.29) is 12.3 Å². The highest BCUT2D eigenvalue weighted by atomic mass is 16.5. The molecule has 1 heterocycles. The molecule has 0 aliphatic rings. The van der Waals surface area contributed by atoms with Crippen LogP contribution in [0.25, 0.3) is 0 Å². The molecule has 7 heteroatoms. The summed E-state index contributed by atoms with van der Waals surface area (Å²) in [5.74, 6) is 2.16. The summed E-state index contributed by atoms with van der Waals surface area (Å²) in [6.45, 7) is 1.63. The highest BCUT2D eigenvalue weighted by molar-refractivity contribution is 5.45. The molecular formula is C16H20N4O3. The number of aromatic nitrogens is 1. The molecule has 0 aliphatic carbocycles. The highest BCUT2D eigenvalue weighted by Gasteiger charge is 2.13. The molecule has 2 aromatic rings. The van der Waals surface area contributed by atoms with Crippen molar-refractivity contribution in [3.05, 3.63) is 35.9 Å². The van der Waals surface area contributed by atoms with Gasteiger partial charge in [-0.05, 0) is 38.4 Å². The Labute approximate surface area is 135 Å². The third-order valence-electron chi connectivity index (χ3n) is 3.04. The third-order valence-corrected chi connectivity index (χ3v) is 3.04. The average Bonchev–Trinajstić information content (AvgIpc) is 2.95. The summed E-state index contributed by atoms with van der Waals surface area (Å²) in [5.41, 5.74) is 0.233. The first-order valence-electron chi connectivity index (χ1n) is 7.17. The monoisotopic (exact) mass is 316 g/mol. The summed E-state index contributed by atoms with van der Waals surface area (Å²) in [7, 11) is 5.56. The zero-order chi connectivity index (χ0) is 16.7. The van der Waals surface area contributed by atoms with Gasteiger partial charge in [-0.15, -0.1) is 0 Å². The zero-order valence-electron chi connectivity index (χ0n) is 13.5. The fourth-order valence-corrected chi connectivity index (χ4v) is 1.83. The van der Waals surface area contributed by atoms with E-state index in [1.54, 1.807) is 31.4 Å². The standard InChI is InChI=1S/C16H20N4O3/c1-20(2)9-8-18-16-14(10-17)19-15(23-16)11-22-13-6-4-12(21-3)5-7-13/h4-7,18H,8-9,11H2,1-3H3. The minimum absolute atomic E-state index is 0.149. The second kappa shape index (κ2) is 8.06. The van der Waals surface area contributed by atoms with Gasteiger partial charge in [0.2, 0.25) is 17.5 Å². The Morgan fingerprint density at radius 2 is 1.96 bits per heavy atom. The fraction of sp³-hybridized carbons (Fsp3) is 0.375. The van der Waals surface area contributed by atoms with Crippen molar-refractivity contribution in [1.82, 2.24) is 9.88 Å². The number of rotatable bonds is 8. The lowest BCUT2D eigenvalue weighted by molar-refractivity contribution is 0.264. The van der Waals surface area contributed by atoms with Gasteiger partial charge in [0.15, 0.2) is 6.61 Å². The lowest BCUT2D eigenvalue weighted by Crippen LogP contribution is -2.20. The van der Waals surface area contributed by atoms with E-state index in [1.807, 2.05) is 25.1 Å². The van der Waals surface area contributed by atoms with Crippen LogP contribution in [0.4, 0.5) is 5.88 Å². The molecule has 1 N–H and O–H groups in total. The number of anilines is 1. The van der Waals surface area contributed by atoms with Crippen molar-refractivity contribution in [2.24, 2.45) is 0 Å². The quantitative estimate of drug-likeness (QED) is 0.798. The van der Waals surface area contributed by atoms with Crippen LogP contribution in [0, 0.1) is 11.3 Å². The first-order chi connectivity index (χ1) is 11.1. The molecule has 0 saturated carbocycles. The van der Waals surface area contributed by atoms with Crippen molar-refractivity contribution in [1.29, 1.82) is 5.26 Å². The second-order valence-electron chi connectivity index (χ2n) is 5.09. The van der Waals surface area contributed by atoms with Crippen LogP contribution in [-0.4, -0.2) is 44.2 Å². The summed E-state index contributed by atoms with van der Waals surface area (Å²) < 4.78 is 16.2. The minimum Gasteiger partial charge on any atom is -0.497 e. The fourth-order valence-electron chi connectivity index (χ4n) is 1.83. The Hall–Kier alpha value is -2.72. The van der Waals surface area contributed by atoms with Crippen LogP contribution in [0.2, 0.25) is 0 Å². The summed E-state index contributed by atoms with van der Waals surface area (Å²) in [5, 5.41) is 12.2. The first kappa shape index (κ1) is 16.6. The zero-order valence-corrected chi connectivity index (χ0v) is 13.5. The van der Waals surface area contributed by atoms with Crippen LogP contribution in [0.5, 0.6) is 11.5 Å². The molecule has 0 saturated heterocycles. The van der Waals surface area contributed by atoms with Crippen LogP contribution in [0.1, 0.15) is 11.6 Å². The van der Waals surface area contributed by atoms with Crippen LogP contribution < -0.4 is 14.8 Å². The first-order valence-corrected chi connectivity index (χ1v) is 7.17. The normalized spacial score (nSPS) is 10.4. The van der Waals surface area contributed by atoms with Crippen LogP contribution in [-0.2, 0) is 6.61 Å². The molecular weight excluding hydrogens is 296 g/mol. The molecule has 0 spiro atoms. The number of hydrogen-bond donors (Lipinski definition) is 1. The van der Waals surface area contributed by atoms with Crippen LogP contribution in [0.3, 0.4) is 0 Å².